The summed E-state index contributed by atoms with van der Waals surface area (Å²) in [5, 5.41) is 10.7. The molecule has 1 aromatic carbocycles. The van der Waals surface area contributed by atoms with Crippen LogP contribution in [-0.4, -0.2) is 42.1 Å². The molecule has 2 fully saturated rings. The Morgan fingerprint density at radius 3 is 2.84 bits per heavy atom. The SMILES string of the molecule is C[C@@H]1CCCN(C[C@@H](O)c2ccc3c(c2)CCCN3C(=O)C2CC2)C1. The van der Waals surface area contributed by atoms with E-state index < -0.39 is 6.10 Å². The van der Waals surface area contributed by atoms with Crippen LogP contribution < -0.4 is 4.90 Å². The summed E-state index contributed by atoms with van der Waals surface area (Å²) in [5.74, 6) is 1.29. The summed E-state index contributed by atoms with van der Waals surface area (Å²) in [6, 6.07) is 6.22. The monoisotopic (exact) mass is 342 g/mol. The van der Waals surface area contributed by atoms with Gasteiger partial charge in [-0.15, -0.1) is 0 Å². The van der Waals surface area contributed by atoms with E-state index in [0.717, 1.165) is 62.5 Å². The number of carbonyl (C=O) groups excluding carboxylic acids is 1. The van der Waals surface area contributed by atoms with Crippen molar-refractivity contribution >= 4 is 11.6 Å². The number of hydrogen-bond acceptors (Lipinski definition) is 3. The van der Waals surface area contributed by atoms with E-state index in [9.17, 15) is 9.90 Å². The Kier molecular flexibility index (Phi) is 4.83. The van der Waals surface area contributed by atoms with Crippen molar-refractivity contribution in [1.82, 2.24) is 4.90 Å². The molecule has 2 aliphatic heterocycles. The fourth-order valence-corrected chi connectivity index (χ4v) is 4.41. The molecule has 2 atom stereocenters. The van der Waals surface area contributed by atoms with E-state index in [-0.39, 0.29) is 5.92 Å². The van der Waals surface area contributed by atoms with Gasteiger partial charge in [0.2, 0.25) is 5.91 Å². The van der Waals surface area contributed by atoms with Crippen LogP contribution in [-0.2, 0) is 11.2 Å². The lowest BCUT2D eigenvalue weighted by atomic mass is 9.95. The number of aliphatic hydroxyl groups is 1. The third-order valence-corrected chi connectivity index (χ3v) is 5.97. The van der Waals surface area contributed by atoms with E-state index in [4.69, 9.17) is 0 Å². The maximum absolute atomic E-state index is 12.5. The first-order valence-corrected chi connectivity index (χ1v) is 9.96. The molecule has 0 bridgehead atoms. The second-order valence-electron chi connectivity index (χ2n) is 8.28. The minimum absolute atomic E-state index is 0.261. The summed E-state index contributed by atoms with van der Waals surface area (Å²) >= 11 is 0. The molecule has 3 aliphatic rings. The van der Waals surface area contributed by atoms with Crippen LogP contribution in [0.4, 0.5) is 5.69 Å². The molecule has 1 aromatic rings. The molecule has 0 aromatic heterocycles. The maximum atomic E-state index is 12.5. The van der Waals surface area contributed by atoms with E-state index in [1.807, 2.05) is 11.0 Å². The van der Waals surface area contributed by atoms with Crippen molar-refractivity contribution in [2.24, 2.45) is 11.8 Å². The largest absolute Gasteiger partial charge is 0.387 e. The van der Waals surface area contributed by atoms with Gasteiger partial charge < -0.3 is 14.9 Å². The molecule has 4 heteroatoms. The molecule has 2 heterocycles. The van der Waals surface area contributed by atoms with Gasteiger partial charge in [-0.25, -0.2) is 0 Å². The molecule has 1 saturated carbocycles. The van der Waals surface area contributed by atoms with Gasteiger partial charge in [0.1, 0.15) is 0 Å². The summed E-state index contributed by atoms with van der Waals surface area (Å²) in [6.07, 6.45) is 6.22. The number of piperidine rings is 1. The number of fused-ring (bicyclic) bond motifs is 1. The summed E-state index contributed by atoms with van der Waals surface area (Å²) in [6.45, 7) is 6.04. The van der Waals surface area contributed by atoms with Crippen molar-refractivity contribution in [3.05, 3.63) is 29.3 Å². The summed E-state index contributed by atoms with van der Waals surface area (Å²) in [7, 11) is 0. The number of likely N-dealkylation sites (tertiary alicyclic amines) is 1. The predicted molar refractivity (Wildman–Crippen MR) is 99.6 cm³/mol. The first-order chi connectivity index (χ1) is 12.1. The summed E-state index contributed by atoms with van der Waals surface area (Å²) in [4.78, 5) is 16.9. The second-order valence-corrected chi connectivity index (χ2v) is 8.28. The summed E-state index contributed by atoms with van der Waals surface area (Å²) in [5.41, 5.74) is 3.30. The zero-order valence-corrected chi connectivity index (χ0v) is 15.3. The molecule has 0 radical (unpaired) electrons. The highest BCUT2D eigenvalue weighted by Gasteiger charge is 2.35. The number of aryl methyl sites for hydroxylation is 1. The zero-order chi connectivity index (χ0) is 17.4. The van der Waals surface area contributed by atoms with E-state index in [1.165, 1.54) is 18.4 Å². The van der Waals surface area contributed by atoms with Gasteiger partial charge in [0.05, 0.1) is 6.10 Å². The molecule has 0 unspecified atom stereocenters. The normalized spacial score (nSPS) is 25.5. The van der Waals surface area contributed by atoms with Crippen LogP contribution in [0.25, 0.3) is 0 Å². The fourth-order valence-electron chi connectivity index (χ4n) is 4.41. The van der Waals surface area contributed by atoms with Crippen molar-refractivity contribution in [1.29, 1.82) is 0 Å². The minimum Gasteiger partial charge on any atom is -0.387 e. The van der Waals surface area contributed by atoms with E-state index >= 15 is 0 Å². The topological polar surface area (TPSA) is 43.8 Å². The number of β-amino-alcohol motifs (C(OH)–C–C–N with tert-alkyl or cyclic N) is 1. The molecule has 0 spiro atoms. The number of hydrogen-bond donors (Lipinski definition) is 1. The van der Waals surface area contributed by atoms with Crippen LogP contribution in [0.3, 0.4) is 0 Å². The number of anilines is 1. The molecule has 136 valence electrons. The van der Waals surface area contributed by atoms with E-state index in [1.54, 1.807) is 0 Å². The smallest absolute Gasteiger partial charge is 0.230 e. The third kappa shape index (κ3) is 3.75. The highest BCUT2D eigenvalue weighted by atomic mass is 16.3. The minimum atomic E-state index is -0.440. The Bertz CT molecular complexity index is 641. The number of carbonyl (C=O) groups is 1. The molecule has 25 heavy (non-hydrogen) atoms. The molecular weight excluding hydrogens is 312 g/mol. The fraction of sp³-hybridized carbons (Fsp3) is 0.667. The van der Waals surface area contributed by atoms with Crippen LogP contribution >= 0.6 is 0 Å². The quantitative estimate of drug-likeness (QED) is 0.914. The third-order valence-electron chi connectivity index (χ3n) is 5.97. The van der Waals surface area contributed by atoms with Gasteiger partial charge in [0, 0.05) is 31.2 Å². The van der Waals surface area contributed by atoms with Crippen LogP contribution in [0.15, 0.2) is 18.2 Å². The van der Waals surface area contributed by atoms with Gasteiger partial charge in [-0.2, -0.15) is 0 Å². The average Bonchev–Trinajstić information content (AvgIpc) is 3.45. The van der Waals surface area contributed by atoms with Gasteiger partial charge in [0.25, 0.3) is 0 Å². The highest BCUT2D eigenvalue weighted by Crippen LogP contribution is 2.36. The predicted octanol–water partition coefficient (Wildman–Crippen LogP) is 3.14. The van der Waals surface area contributed by atoms with Crippen molar-refractivity contribution < 1.29 is 9.90 Å². The zero-order valence-electron chi connectivity index (χ0n) is 15.3. The standard InChI is InChI=1S/C21H30N2O2/c1-15-4-2-10-22(13-15)14-20(24)18-8-9-19-17(12-18)5-3-11-23(19)21(25)16-6-7-16/h8-9,12,15-16,20,24H,2-7,10-11,13-14H2,1H3/t15-,20-/m1/s1. The van der Waals surface area contributed by atoms with Crippen molar-refractivity contribution in [3.8, 4) is 0 Å². The molecule has 1 amide bonds. The van der Waals surface area contributed by atoms with Gasteiger partial charge in [-0.1, -0.05) is 19.1 Å². The Hall–Kier alpha value is -1.39. The number of nitrogens with zero attached hydrogens (tertiary/aromatic N) is 2. The first-order valence-electron chi connectivity index (χ1n) is 9.96. The lowest BCUT2D eigenvalue weighted by Crippen LogP contribution is -2.37. The van der Waals surface area contributed by atoms with Gasteiger partial charge in [-0.05, 0) is 68.2 Å². The van der Waals surface area contributed by atoms with Gasteiger partial charge in [-0.3, -0.25) is 4.79 Å². The van der Waals surface area contributed by atoms with Crippen LogP contribution in [0.1, 0.15) is 56.3 Å². The molecule has 1 N–H and O–H groups in total. The second kappa shape index (κ2) is 7.08. The van der Waals surface area contributed by atoms with E-state index in [2.05, 4.69) is 24.0 Å². The van der Waals surface area contributed by atoms with Crippen molar-refractivity contribution in [2.45, 2.75) is 51.6 Å². The number of amides is 1. The van der Waals surface area contributed by atoms with Crippen LogP contribution in [0.2, 0.25) is 0 Å². The summed E-state index contributed by atoms with van der Waals surface area (Å²) < 4.78 is 0. The Morgan fingerprint density at radius 2 is 2.08 bits per heavy atom. The first kappa shape index (κ1) is 17.0. The van der Waals surface area contributed by atoms with Crippen LogP contribution in [0.5, 0.6) is 0 Å². The number of rotatable bonds is 4. The van der Waals surface area contributed by atoms with Crippen molar-refractivity contribution in [3.63, 3.8) is 0 Å². The Labute approximate surface area is 150 Å². The molecule has 4 nitrogen and oxygen atoms in total. The molecule has 1 aliphatic carbocycles. The van der Waals surface area contributed by atoms with Gasteiger partial charge in [0.15, 0.2) is 0 Å². The number of benzene rings is 1. The lowest BCUT2D eigenvalue weighted by molar-refractivity contribution is -0.119. The van der Waals surface area contributed by atoms with E-state index in [0.29, 0.717) is 12.5 Å². The maximum Gasteiger partial charge on any atom is 0.230 e. The molecular formula is C21H30N2O2. The Balaban J connectivity index is 1.47. The lowest BCUT2D eigenvalue weighted by Gasteiger charge is -2.33. The molecule has 4 rings (SSSR count). The average molecular weight is 342 g/mol. The highest BCUT2D eigenvalue weighted by molar-refractivity contribution is 5.97. The van der Waals surface area contributed by atoms with Crippen molar-refractivity contribution in [2.75, 3.05) is 31.1 Å². The van der Waals surface area contributed by atoms with Crippen LogP contribution in [0, 0.1) is 11.8 Å². The Morgan fingerprint density at radius 1 is 1.24 bits per heavy atom. The van der Waals surface area contributed by atoms with Gasteiger partial charge >= 0.3 is 0 Å². The number of aliphatic hydroxyl groups excluding tert-OH is 1. The molecule has 1 saturated heterocycles.